The molecule has 0 aromatic carbocycles. The van der Waals surface area contributed by atoms with Gasteiger partial charge >= 0.3 is 0 Å². The summed E-state index contributed by atoms with van der Waals surface area (Å²) in [5.41, 5.74) is 1.05. The van der Waals surface area contributed by atoms with Crippen LogP contribution in [0, 0.1) is 0 Å². The maximum absolute atomic E-state index is 4.56. The molecule has 2 rings (SSSR count). The first-order valence-corrected chi connectivity index (χ1v) is 8.21. The van der Waals surface area contributed by atoms with Gasteiger partial charge in [0.25, 0.3) is 0 Å². The highest BCUT2D eigenvalue weighted by molar-refractivity contribution is 4.98. The lowest BCUT2D eigenvalue weighted by Crippen LogP contribution is -2.11. The van der Waals surface area contributed by atoms with Crippen molar-refractivity contribution in [3.63, 3.8) is 0 Å². The molecule has 2 unspecified atom stereocenters. The van der Waals surface area contributed by atoms with Gasteiger partial charge in [-0.1, -0.05) is 20.8 Å². The van der Waals surface area contributed by atoms with Crippen LogP contribution in [0.15, 0.2) is 12.5 Å². The molecule has 0 aliphatic rings. The Morgan fingerprint density at radius 2 is 1.73 bits per heavy atom. The summed E-state index contributed by atoms with van der Waals surface area (Å²) in [5, 5.41) is 13.5. The number of rotatable bonds is 7. The zero-order valence-corrected chi connectivity index (χ0v) is 14.6. The van der Waals surface area contributed by atoms with Gasteiger partial charge in [0.05, 0.1) is 17.9 Å². The lowest BCUT2D eigenvalue weighted by molar-refractivity contribution is 0.383. The van der Waals surface area contributed by atoms with Crippen LogP contribution in [-0.2, 0) is 0 Å². The van der Waals surface area contributed by atoms with Crippen LogP contribution in [0.3, 0.4) is 0 Å². The van der Waals surface area contributed by atoms with E-state index in [9.17, 15) is 0 Å². The lowest BCUT2D eigenvalue weighted by atomic mass is 10.0. The molecule has 2 aromatic heterocycles. The van der Waals surface area contributed by atoms with Crippen LogP contribution >= 0.6 is 0 Å². The normalized spacial score (nSPS) is 14.7. The maximum Gasteiger partial charge on any atom is 0.153 e. The smallest absolute Gasteiger partial charge is 0.153 e. The molecule has 0 spiro atoms. The molecule has 2 atom stereocenters. The Hall–Kier alpha value is -1.72. The third-order valence-corrected chi connectivity index (χ3v) is 4.03. The van der Waals surface area contributed by atoms with E-state index in [1.54, 1.807) is 0 Å². The van der Waals surface area contributed by atoms with E-state index in [4.69, 9.17) is 0 Å². The van der Waals surface area contributed by atoms with Crippen molar-refractivity contribution in [1.82, 2.24) is 29.8 Å². The monoisotopic (exact) mass is 304 g/mol. The molecule has 0 radical (unpaired) electrons. The molecule has 0 aliphatic heterocycles. The largest absolute Gasteiger partial charge is 0.250 e. The molecule has 0 saturated carbocycles. The van der Waals surface area contributed by atoms with Crippen LogP contribution in [0.2, 0.25) is 0 Å². The molecular weight excluding hydrogens is 276 g/mol. The first-order chi connectivity index (χ1) is 10.4. The van der Waals surface area contributed by atoms with Crippen LogP contribution < -0.4 is 0 Å². The fourth-order valence-electron chi connectivity index (χ4n) is 2.26. The summed E-state index contributed by atoms with van der Waals surface area (Å²) in [6.07, 6.45) is 5.74. The summed E-state index contributed by atoms with van der Waals surface area (Å²) < 4.78 is 1.92. The molecule has 0 bridgehead atoms. The fraction of sp³-hybridized carbons (Fsp3) is 0.750. The van der Waals surface area contributed by atoms with Crippen molar-refractivity contribution in [2.75, 3.05) is 0 Å². The number of nitrogens with zero attached hydrogens (tertiary/aromatic N) is 6. The van der Waals surface area contributed by atoms with Crippen LogP contribution in [0.1, 0.15) is 89.8 Å². The maximum atomic E-state index is 4.56. The molecule has 0 saturated heterocycles. The molecular formula is C16H28N6. The average Bonchev–Trinajstić information content (AvgIpc) is 3.12. The van der Waals surface area contributed by atoms with Gasteiger partial charge in [0.1, 0.15) is 6.33 Å². The van der Waals surface area contributed by atoms with Gasteiger partial charge in [-0.25, -0.2) is 4.98 Å². The predicted molar refractivity (Wildman–Crippen MR) is 86.9 cm³/mol. The Labute approximate surface area is 132 Å². The summed E-state index contributed by atoms with van der Waals surface area (Å²) in [5.74, 6) is 1.70. The molecule has 0 N–H and O–H groups in total. The van der Waals surface area contributed by atoms with Crippen molar-refractivity contribution in [2.24, 2.45) is 0 Å². The van der Waals surface area contributed by atoms with Crippen molar-refractivity contribution in [3.05, 3.63) is 24.0 Å². The van der Waals surface area contributed by atoms with E-state index in [0.717, 1.165) is 24.4 Å². The molecule has 2 aromatic rings. The van der Waals surface area contributed by atoms with Crippen molar-refractivity contribution in [1.29, 1.82) is 0 Å². The summed E-state index contributed by atoms with van der Waals surface area (Å²) in [6, 6.07) is 0.650. The second-order valence-corrected chi connectivity index (χ2v) is 6.75. The highest BCUT2D eigenvalue weighted by Crippen LogP contribution is 2.22. The Morgan fingerprint density at radius 3 is 2.27 bits per heavy atom. The minimum atomic E-state index is 0.294. The van der Waals surface area contributed by atoms with Crippen molar-refractivity contribution in [2.45, 2.75) is 78.3 Å². The summed E-state index contributed by atoms with van der Waals surface area (Å²) in [7, 11) is 0. The topological polar surface area (TPSA) is 61.4 Å². The molecule has 0 aliphatic carbocycles. The Bertz CT molecular complexity index is 531. The van der Waals surface area contributed by atoms with Gasteiger partial charge in [0.15, 0.2) is 5.82 Å². The first kappa shape index (κ1) is 16.6. The highest BCUT2D eigenvalue weighted by atomic mass is 15.5. The first-order valence-electron chi connectivity index (χ1n) is 8.21. The van der Waals surface area contributed by atoms with Crippen molar-refractivity contribution >= 4 is 0 Å². The van der Waals surface area contributed by atoms with Gasteiger partial charge in [-0.3, -0.25) is 4.68 Å². The molecule has 6 nitrogen and oxygen atoms in total. The van der Waals surface area contributed by atoms with Gasteiger partial charge in [-0.2, -0.15) is 20.1 Å². The molecule has 0 fully saturated rings. The standard InChI is InChI=1S/C16H28N6/c1-11(2)15-9-18-22(19-15)14(6)8-7-13(5)16-17-10-21(20-16)12(3)4/h9-14H,7-8H2,1-6H3. The number of hydrogen-bond acceptors (Lipinski definition) is 4. The minimum Gasteiger partial charge on any atom is -0.250 e. The van der Waals surface area contributed by atoms with E-state index in [0.29, 0.717) is 23.9 Å². The zero-order valence-electron chi connectivity index (χ0n) is 14.6. The van der Waals surface area contributed by atoms with Crippen LogP contribution in [0.25, 0.3) is 0 Å². The average molecular weight is 304 g/mol. The van der Waals surface area contributed by atoms with Gasteiger partial charge in [0.2, 0.25) is 0 Å². The molecule has 0 amide bonds. The number of aromatic nitrogens is 6. The van der Waals surface area contributed by atoms with Gasteiger partial charge < -0.3 is 0 Å². The molecule has 6 heteroatoms. The van der Waals surface area contributed by atoms with Crippen LogP contribution in [0.4, 0.5) is 0 Å². The van der Waals surface area contributed by atoms with E-state index >= 15 is 0 Å². The highest BCUT2D eigenvalue weighted by Gasteiger charge is 2.16. The SMILES string of the molecule is CC(C)c1cnn(C(C)CCC(C)c2ncn(C(C)C)n2)n1. The molecule has 2 heterocycles. The quantitative estimate of drug-likeness (QED) is 0.782. The summed E-state index contributed by atoms with van der Waals surface area (Å²) in [4.78, 5) is 6.26. The lowest BCUT2D eigenvalue weighted by Gasteiger charge is -2.13. The van der Waals surface area contributed by atoms with Crippen molar-refractivity contribution < 1.29 is 0 Å². The second-order valence-electron chi connectivity index (χ2n) is 6.75. The van der Waals surface area contributed by atoms with E-state index in [1.165, 1.54) is 0 Å². The summed E-state index contributed by atoms with van der Waals surface area (Å²) in [6.45, 7) is 12.8. The third kappa shape index (κ3) is 3.93. The van der Waals surface area contributed by atoms with E-state index in [1.807, 2.05) is 22.0 Å². The van der Waals surface area contributed by atoms with Crippen LogP contribution in [-0.4, -0.2) is 29.8 Å². The minimum absolute atomic E-state index is 0.294. The van der Waals surface area contributed by atoms with Crippen molar-refractivity contribution in [3.8, 4) is 0 Å². The molecule has 22 heavy (non-hydrogen) atoms. The van der Waals surface area contributed by atoms with Gasteiger partial charge in [-0.15, -0.1) is 0 Å². The molecule has 122 valence electrons. The van der Waals surface area contributed by atoms with E-state index in [-0.39, 0.29) is 0 Å². The Balaban J connectivity index is 1.90. The Kier molecular flexibility index (Phi) is 5.32. The van der Waals surface area contributed by atoms with Gasteiger partial charge in [-0.05, 0) is 39.5 Å². The zero-order chi connectivity index (χ0) is 16.3. The van der Waals surface area contributed by atoms with Crippen LogP contribution in [0.5, 0.6) is 0 Å². The third-order valence-electron chi connectivity index (χ3n) is 4.03. The predicted octanol–water partition coefficient (Wildman–Crippen LogP) is 3.72. The second kappa shape index (κ2) is 7.03. The fourth-order valence-corrected chi connectivity index (χ4v) is 2.26. The van der Waals surface area contributed by atoms with Gasteiger partial charge in [0, 0.05) is 12.0 Å². The number of hydrogen-bond donors (Lipinski definition) is 0. The van der Waals surface area contributed by atoms with E-state index in [2.05, 4.69) is 61.8 Å². The summed E-state index contributed by atoms with van der Waals surface area (Å²) >= 11 is 0. The van der Waals surface area contributed by atoms with E-state index < -0.39 is 0 Å². The Morgan fingerprint density at radius 1 is 1.00 bits per heavy atom.